The fourth-order valence-corrected chi connectivity index (χ4v) is 4.10. The van der Waals surface area contributed by atoms with Crippen LogP contribution in [0.4, 0.5) is 10.9 Å². The average molecular weight is 406 g/mol. The van der Waals surface area contributed by atoms with Crippen molar-refractivity contribution in [2.24, 2.45) is 0 Å². The summed E-state index contributed by atoms with van der Waals surface area (Å²) in [4.78, 5) is 29.0. The van der Waals surface area contributed by atoms with Crippen LogP contribution in [0, 0.1) is 13.8 Å². The number of rotatable bonds is 5. The van der Waals surface area contributed by atoms with Crippen molar-refractivity contribution in [3.8, 4) is 0 Å². The van der Waals surface area contributed by atoms with Gasteiger partial charge in [-0.15, -0.1) is 11.3 Å². The molecule has 0 radical (unpaired) electrons. The summed E-state index contributed by atoms with van der Waals surface area (Å²) in [5, 5.41) is 4.09. The number of hydrogen-bond donors (Lipinski definition) is 1. The van der Waals surface area contributed by atoms with E-state index >= 15 is 0 Å². The second-order valence-electron chi connectivity index (χ2n) is 7.14. The number of nitrogens with one attached hydrogen (secondary N) is 1. The van der Waals surface area contributed by atoms with E-state index in [2.05, 4.69) is 20.3 Å². The van der Waals surface area contributed by atoms with Gasteiger partial charge in [0.1, 0.15) is 11.6 Å². The molecule has 7 heteroatoms. The Morgan fingerprint density at radius 2 is 2.07 bits per heavy atom. The van der Waals surface area contributed by atoms with Gasteiger partial charge in [-0.2, -0.15) is 0 Å². The molecule has 3 heterocycles. The molecular weight excluding hydrogens is 382 g/mol. The van der Waals surface area contributed by atoms with Crippen molar-refractivity contribution in [1.82, 2.24) is 19.9 Å². The average Bonchev–Trinajstić information content (AvgIpc) is 3.36. The summed E-state index contributed by atoms with van der Waals surface area (Å²) in [5.41, 5.74) is 1.99. The fraction of sp³-hybridized carbons (Fsp3) is 0.273. The molecule has 1 saturated heterocycles. The minimum Gasteiger partial charge on any atom is -0.338 e. The Balaban J connectivity index is 1.43. The first kappa shape index (κ1) is 19.3. The molecule has 1 unspecified atom stereocenters. The van der Waals surface area contributed by atoms with Gasteiger partial charge in [0, 0.05) is 42.2 Å². The highest BCUT2D eigenvalue weighted by atomic mass is 32.1. The van der Waals surface area contributed by atoms with Gasteiger partial charge >= 0.3 is 0 Å². The molecular formula is C22H23N5OS. The maximum Gasteiger partial charge on any atom is 0.246 e. The Kier molecular flexibility index (Phi) is 5.67. The normalized spacial score (nSPS) is 16.5. The lowest BCUT2D eigenvalue weighted by Gasteiger charge is -2.15. The minimum atomic E-state index is 0.0405. The van der Waals surface area contributed by atoms with Crippen molar-refractivity contribution in [2.75, 3.05) is 18.4 Å². The van der Waals surface area contributed by atoms with Crippen LogP contribution >= 0.6 is 11.3 Å². The van der Waals surface area contributed by atoms with Gasteiger partial charge in [-0.1, -0.05) is 30.3 Å². The van der Waals surface area contributed by atoms with Crippen LogP contribution in [0.1, 0.15) is 34.3 Å². The Hall–Kier alpha value is -3.06. The third-order valence-corrected chi connectivity index (χ3v) is 5.68. The van der Waals surface area contributed by atoms with Crippen LogP contribution in [0.2, 0.25) is 0 Å². The molecule has 0 saturated carbocycles. The lowest BCUT2D eigenvalue weighted by Crippen LogP contribution is -2.26. The van der Waals surface area contributed by atoms with E-state index in [4.69, 9.17) is 0 Å². The van der Waals surface area contributed by atoms with E-state index in [9.17, 15) is 4.79 Å². The zero-order chi connectivity index (χ0) is 20.2. The molecule has 29 heavy (non-hydrogen) atoms. The van der Waals surface area contributed by atoms with Crippen molar-refractivity contribution < 1.29 is 4.79 Å². The molecule has 1 aliphatic rings. The lowest BCUT2D eigenvalue weighted by atomic mass is 10.0. The molecule has 1 fully saturated rings. The molecule has 148 valence electrons. The zero-order valence-electron chi connectivity index (χ0n) is 16.5. The van der Waals surface area contributed by atoms with Crippen LogP contribution in [0.3, 0.4) is 0 Å². The largest absolute Gasteiger partial charge is 0.338 e. The molecule has 3 aromatic rings. The van der Waals surface area contributed by atoms with E-state index in [1.165, 1.54) is 0 Å². The molecule has 1 aromatic carbocycles. The molecule has 1 N–H and O–H groups in total. The molecule has 1 amide bonds. The number of amides is 1. The first-order valence-electron chi connectivity index (χ1n) is 9.64. The zero-order valence-corrected chi connectivity index (χ0v) is 17.3. The number of hydrogen-bond acceptors (Lipinski definition) is 6. The molecule has 0 spiro atoms. The first-order valence-corrected chi connectivity index (χ1v) is 10.5. The third-order valence-electron chi connectivity index (χ3n) is 4.85. The quantitative estimate of drug-likeness (QED) is 0.640. The SMILES string of the molecule is Cc1nc(Nc2ncc(C)s2)cc(C2CCN(C(=O)/C=C/c3ccccc3)C2)n1. The van der Waals surface area contributed by atoms with E-state index in [1.807, 2.05) is 67.4 Å². The highest BCUT2D eigenvalue weighted by Crippen LogP contribution is 2.29. The van der Waals surface area contributed by atoms with E-state index in [1.54, 1.807) is 17.4 Å². The van der Waals surface area contributed by atoms with Gasteiger partial charge in [-0.3, -0.25) is 4.79 Å². The first-order chi connectivity index (χ1) is 14.1. The van der Waals surface area contributed by atoms with Crippen molar-refractivity contribution in [3.63, 3.8) is 0 Å². The van der Waals surface area contributed by atoms with Crippen molar-refractivity contribution in [2.45, 2.75) is 26.2 Å². The highest BCUT2D eigenvalue weighted by molar-refractivity contribution is 7.15. The number of carbonyl (C=O) groups is 1. The van der Waals surface area contributed by atoms with Gasteiger partial charge in [0.15, 0.2) is 5.13 Å². The van der Waals surface area contributed by atoms with Crippen LogP contribution in [-0.2, 0) is 4.79 Å². The Bertz CT molecular complexity index is 1030. The number of nitrogens with zero attached hydrogens (tertiary/aromatic N) is 4. The van der Waals surface area contributed by atoms with E-state index in [0.717, 1.165) is 40.0 Å². The highest BCUT2D eigenvalue weighted by Gasteiger charge is 2.27. The molecule has 1 atom stereocenters. The van der Waals surface area contributed by atoms with Gasteiger partial charge in [0.2, 0.25) is 5.91 Å². The summed E-state index contributed by atoms with van der Waals surface area (Å²) < 4.78 is 0. The number of benzene rings is 1. The monoisotopic (exact) mass is 405 g/mol. The summed E-state index contributed by atoms with van der Waals surface area (Å²) >= 11 is 1.59. The molecule has 6 nitrogen and oxygen atoms in total. The summed E-state index contributed by atoms with van der Waals surface area (Å²) in [6.45, 7) is 5.32. The van der Waals surface area contributed by atoms with E-state index in [0.29, 0.717) is 12.4 Å². The Morgan fingerprint density at radius 1 is 1.24 bits per heavy atom. The Labute approximate surface area is 174 Å². The summed E-state index contributed by atoms with van der Waals surface area (Å²) in [6, 6.07) is 11.8. The third kappa shape index (κ3) is 4.86. The molecule has 0 bridgehead atoms. The fourth-order valence-electron chi connectivity index (χ4n) is 3.42. The number of aromatic nitrogens is 3. The van der Waals surface area contributed by atoms with Crippen molar-refractivity contribution >= 4 is 34.3 Å². The van der Waals surface area contributed by atoms with Gasteiger partial charge in [0.25, 0.3) is 0 Å². The van der Waals surface area contributed by atoms with Crippen LogP contribution in [-0.4, -0.2) is 38.8 Å². The van der Waals surface area contributed by atoms with Crippen molar-refractivity contribution in [3.05, 3.63) is 70.6 Å². The van der Waals surface area contributed by atoms with Gasteiger partial charge in [-0.25, -0.2) is 15.0 Å². The van der Waals surface area contributed by atoms with Crippen molar-refractivity contribution in [1.29, 1.82) is 0 Å². The second kappa shape index (κ2) is 8.53. The lowest BCUT2D eigenvalue weighted by molar-refractivity contribution is -0.124. The van der Waals surface area contributed by atoms with E-state index in [-0.39, 0.29) is 11.8 Å². The summed E-state index contributed by atoms with van der Waals surface area (Å²) in [7, 11) is 0. The van der Waals surface area contributed by atoms with E-state index < -0.39 is 0 Å². The van der Waals surface area contributed by atoms with Crippen LogP contribution in [0.5, 0.6) is 0 Å². The molecule has 0 aliphatic carbocycles. The van der Waals surface area contributed by atoms with Crippen LogP contribution in [0.25, 0.3) is 6.08 Å². The molecule has 2 aromatic heterocycles. The number of carbonyl (C=O) groups excluding carboxylic acids is 1. The predicted octanol–water partition coefficient (Wildman–Crippen LogP) is 4.32. The maximum atomic E-state index is 12.6. The predicted molar refractivity (Wildman–Crippen MR) is 116 cm³/mol. The second-order valence-corrected chi connectivity index (χ2v) is 8.37. The summed E-state index contributed by atoms with van der Waals surface area (Å²) in [6.07, 6.45) is 6.26. The van der Waals surface area contributed by atoms with Gasteiger partial charge in [-0.05, 0) is 31.9 Å². The number of thiazole rings is 1. The molecule has 1 aliphatic heterocycles. The number of likely N-dealkylation sites (tertiary alicyclic amines) is 1. The van der Waals surface area contributed by atoms with Crippen LogP contribution < -0.4 is 5.32 Å². The standard InChI is InChI=1S/C22H23N5OS/c1-15-13-23-22(29-15)26-20-12-19(24-16(2)25-20)18-10-11-27(14-18)21(28)9-8-17-6-4-3-5-7-17/h3-9,12-13,18H,10-11,14H2,1-2H3,(H,23,24,25,26)/b9-8+. The summed E-state index contributed by atoms with van der Waals surface area (Å²) in [5.74, 6) is 1.71. The van der Waals surface area contributed by atoms with Gasteiger partial charge < -0.3 is 10.2 Å². The van der Waals surface area contributed by atoms with Crippen LogP contribution in [0.15, 0.2) is 48.7 Å². The Morgan fingerprint density at radius 3 is 2.83 bits per heavy atom. The molecule has 4 rings (SSSR count). The minimum absolute atomic E-state index is 0.0405. The topological polar surface area (TPSA) is 71.0 Å². The number of anilines is 2. The maximum absolute atomic E-state index is 12.6. The number of aryl methyl sites for hydroxylation is 2. The van der Waals surface area contributed by atoms with Gasteiger partial charge in [0.05, 0.1) is 5.69 Å². The smallest absolute Gasteiger partial charge is 0.246 e.